The summed E-state index contributed by atoms with van der Waals surface area (Å²) in [4.78, 5) is 0. The van der Waals surface area contributed by atoms with E-state index in [1.807, 2.05) is 0 Å². The summed E-state index contributed by atoms with van der Waals surface area (Å²) in [6.45, 7) is 0. The fourth-order valence-corrected chi connectivity index (χ4v) is 2.50. The zero-order chi connectivity index (χ0) is 11.1. The minimum absolute atomic E-state index is 0.204. The quantitative estimate of drug-likeness (QED) is 0.835. The summed E-state index contributed by atoms with van der Waals surface area (Å²) in [7, 11) is 0. The molecule has 0 unspecified atom stereocenters. The average Bonchev–Trinajstić information content (AvgIpc) is 3.15. The first-order chi connectivity index (χ1) is 7.75. The maximum Gasteiger partial charge on any atom is 0.164 e. The molecule has 2 fully saturated rings. The van der Waals surface area contributed by atoms with Crippen LogP contribution < -0.4 is 5.32 Å². The lowest BCUT2D eigenvalue weighted by molar-refractivity contribution is 0.557. The topological polar surface area (TPSA) is 12.0 Å². The maximum atomic E-state index is 13.7. The highest BCUT2D eigenvalue weighted by Crippen LogP contribution is 2.46. The summed E-state index contributed by atoms with van der Waals surface area (Å²) in [5, 5.41) is 3.56. The first-order valence-electron chi connectivity index (χ1n) is 5.96. The summed E-state index contributed by atoms with van der Waals surface area (Å²) >= 11 is 5.77. The molecule has 2 saturated carbocycles. The van der Waals surface area contributed by atoms with Crippen molar-refractivity contribution in [3.63, 3.8) is 0 Å². The third kappa shape index (κ3) is 2.03. The molecule has 3 rings (SSSR count). The second-order valence-corrected chi connectivity index (χ2v) is 5.35. The Hall–Kier alpha value is -0.760. The molecule has 0 heterocycles. The molecule has 1 aromatic carbocycles. The SMILES string of the molecule is Fc1c(Cl)cccc1NC(C1CC1)C1CC1. The summed E-state index contributed by atoms with van der Waals surface area (Å²) < 4.78 is 13.7. The molecule has 0 aliphatic heterocycles. The Morgan fingerprint density at radius 2 is 1.81 bits per heavy atom. The number of hydrogen-bond acceptors (Lipinski definition) is 1. The van der Waals surface area contributed by atoms with E-state index in [0.29, 0.717) is 11.7 Å². The van der Waals surface area contributed by atoms with E-state index in [0.717, 1.165) is 11.8 Å². The molecule has 1 nitrogen and oxygen atoms in total. The maximum absolute atomic E-state index is 13.7. The Bertz CT molecular complexity index is 387. The number of hydrogen-bond donors (Lipinski definition) is 1. The summed E-state index contributed by atoms with van der Waals surface area (Å²) in [5.41, 5.74) is 0.566. The molecule has 0 spiro atoms. The highest BCUT2D eigenvalue weighted by atomic mass is 35.5. The van der Waals surface area contributed by atoms with Crippen LogP contribution in [0.5, 0.6) is 0 Å². The van der Waals surface area contributed by atoms with Gasteiger partial charge in [-0.1, -0.05) is 17.7 Å². The van der Waals surface area contributed by atoms with Crippen molar-refractivity contribution in [1.29, 1.82) is 0 Å². The van der Waals surface area contributed by atoms with Crippen molar-refractivity contribution < 1.29 is 4.39 Å². The van der Waals surface area contributed by atoms with Crippen LogP contribution >= 0.6 is 11.6 Å². The van der Waals surface area contributed by atoms with Crippen molar-refractivity contribution >= 4 is 17.3 Å². The molecule has 0 amide bonds. The largest absolute Gasteiger partial charge is 0.379 e. The van der Waals surface area contributed by atoms with Crippen LogP contribution in [0.4, 0.5) is 10.1 Å². The smallest absolute Gasteiger partial charge is 0.164 e. The van der Waals surface area contributed by atoms with Crippen LogP contribution in [-0.2, 0) is 0 Å². The van der Waals surface area contributed by atoms with Crippen molar-refractivity contribution in [1.82, 2.24) is 0 Å². The zero-order valence-electron chi connectivity index (χ0n) is 9.05. The van der Waals surface area contributed by atoms with Crippen LogP contribution in [0, 0.1) is 17.7 Å². The van der Waals surface area contributed by atoms with Crippen molar-refractivity contribution in [2.24, 2.45) is 11.8 Å². The molecule has 86 valence electrons. The lowest BCUT2D eigenvalue weighted by Gasteiger charge is -2.19. The highest BCUT2D eigenvalue weighted by molar-refractivity contribution is 6.31. The van der Waals surface area contributed by atoms with Crippen molar-refractivity contribution in [2.45, 2.75) is 31.7 Å². The molecule has 0 bridgehead atoms. The van der Waals surface area contributed by atoms with Gasteiger partial charge in [-0.15, -0.1) is 0 Å². The number of nitrogens with one attached hydrogen (secondary N) is 1. The molecular formula is C13H15ClFN. The van der Waals surface area contributed by atoms with Crippen LogP contribution in [0.3, 0.4) is 0 Å². The molecule has 0 radical (unpaired) electrons. The van der Waals surface area contributed by atoms with Crippen LogP contribution in [0.25, 0.3) is 0 Å². The van der Waals surface area contributed by atoms with E-state index in [-0.39, 0.29) is 10.8 Å². The number of halogens is 2. The van der Waals surface area contributed by atoms with E-state index >= 15 is 0 Å². The molecule has 16 heavy (non-hydrogen) atoms. The summed E-state index contributed by atoms with van der Waals surface area (Å²) in [6, 6.07) is 5.63. The minimum Gasteiger partial charge on any atom is -0.379 e. The van der Waals surface area contributed by atoms with Gasteiger partial charge < -0.3 is 5.32 Å². The Balaban J connectivity index is 1.78. The molecule has 1 aromatic rings. The van der Waals surface area contributed by atoms with Gasteiger partial charge in [0.2, 0.25) is 0 Å². The van der Waals surface area contributed by atoms with Crippen molar-refractivity contribution in [2.75, 3.05) is 5.32 Å². The Morgan fingerprint density at radius 3 is 2.38 bits per heavy atom. The van der Waals surface area contributed by atoms with Gasteiger partial charge in [-0.2, -0.15) is 0 Å². The summed E-state index contributed by atoms with van der Waals surface area (Å²) in [6.07, 6.45) is 5.15. The fraction of sp³-hybridized carbons (Fsp3) is 0.538. The van der Waals surface area contributed by atoms with Crippen molar-refractivity contribution in [3.05, 3.63) is 29.0 Å². The molecule has 0 atom stereocenters. The van der Waals surface area contributed by atoms with E-state index in [1.54, 1.807) is 18.2 Å². The molecule has 1 N–H and O–H groups in total. The van der Waals surface area contributed by atoms with E-state index in [1.165, 1.54) is 25.7 Å². The molecule has 2 aliphatic rings. The van der Waals surface area contributed by atoms with Crippen LogP contribution in [0.2, 0.25) is 5.02 Å². The van der Waals surface area contributed by atoms with Gasteiger partial charge in [-0.25, -0.2) is 4.39 Å². The molecule has 0 saturated heterocycles. The van der Waals surface area contributed by atoms with Crippen LogP contribution in [-0.4, -0.2) is 6.04 Å². The first-order valence-corrected chi connectivity index (χ1v) is 6.34. The van der Waals surface area contributed by atoms with Crippen LogP contribution in [0.1, 0.15) is 25.7 Å². The van der Waals surface area contributed by atoms with Gasteiger partial charge in [0.15, 0.2) is 5.82 Å². The lowest BCUT2D eigenvalue weighted by atomic mass is 10.1. The Labute approximate surface area is 100.0 Å². The Morgan fingerprint density at radius 1 is 1.19 bits per heavy atom. The van der Waals surface area contributed by atoms with Gasteiger partial charge in [0.05, 0.1) is 10.7 Å². The second-order valence-electron chi connectivity index (χ2n) is 4.95. The molecular weight excluding hydrogens is 225 g/mol. The van der Waals surface area contributed by atoms with E-state index in [2.05, 4.69) is 5.32 Å². The zero-order valence-corrected chi connectivity index (χ0v) is 9.80. The van der Waals surface area contributed by atoms with E-state index in [4.69, 9.17) is 11.6 Å². The van der Waals surface area contributed by atoms with Gasteiger partial charge >= 0.3 is 0 Å². The molecule has 2 aliphatic carbocycles. The van der Waals surface area contributed by atoms with Gasteiger partial charge in [0.25, 0.3) is 0 Å². The first kappa shape index (κ1) is 10.4. The number of rotatable bonds is 4. The third-order valence-corrected chi connectivity index (χ3v) is 3.83. The molecule has 0 aromatic heterocycles. The predicted octanol–water partition coefficient (Wildman–Crippen LogP) is 4.08. The number of benzene rings is 1. The average molecular weight is 240 g/mol. The standard InChI is InChI=1S/C13H15ClFN/c14-10-2-1-3-11(12(10)15)16-13(8-4-5-8)9-6-7-9/h1-3,8-9,13,16H,4-7H2. The van der Waals surface area contributed by atoms with Gasteiger partial charge in [0.1, 0.15) is 0 Å². The highest BCUT2D eigenvalue weighted by Gasteiger charge is 2.41. The Kier molecular flexibility index (Phi) is 2.55. The second kappa shape index (κ2) is 3.92. The van der Waals surface area contributed by atoms with Gasteiger partial charge in [-0.3, -0.25) is 0 Å². The normalized spacial score (nSPS) is 20.2. The van der Waals surface area contributed by atoms with E-state index < -0.39 is 0 Å². The lowest BCUT2D eigenvalue weighted by Crippen LogP contribution is -2.24. The van der Waals surface area contributed by atoms with Crippen LogP contribution in [0.15, 0.2) is 18.2 Å². The van der Waals surface area contributed by atoms with E-state index in [9.17, 15) is 4.39 Å². The number of anilines is 1. The monoisotopic (exact) mass is 239 g/mol. The van der Waals surface area contributed by atoms with Gasteiger partial charge in [0, 0.05) is 6.04 Å². The summed E-state index contributed by atoms with van der Waals surface area (Å²) in [5.74, 6) is 1.20. The van der Waals surface area contributed by atoms with Gasteiger partial charge in [-0.05, 0) is 49.7 Å². The predicted molar refractivity (Wildman–Crippen MR) is 64.3 cm³/mol. The molecule has 3 heteroatoms. The fourth-order valence-electron chi connectivity index (χ4n) is 2.33. The van der Waals surface area contributed by atoms with Crippen molar-refractivity contribution in [3.8, 4) is 0 Å². The third-order valence-electron chi connectivity index (χ3n) is 3.53. The minimum atomic E-state index is -0.310.